The summed E-state index contributed by atoms with van der Waals surface area (Å²) in [5.41, 5.74) is 0.918. The fourth-order valence-electron chi connectivity index (χ4n) is 3.57. The number of halogens is 4. The molecule has 236 valence electrons. The van der Waals surface area contributed by atoms with Gasteiger partial charge in [-0.2, -0.15) is 0 Å². The Hall–Kier alpha value is -4.77. The minimum Gasteiger partial charge on any atom is -0.418 e. The van der Waals surface area contributed by atoms with E-state index in [2.05, 4.69) is 19.7 Å². The van der Waals surface area contributed by atoms with E-state index in [9.17, 15) is 35.8 Å². The van der Waals surface area contributed by atoms with Crippen molar-refractivity contribution in [2.45, 2.75) is 4.90 Å². The van der Waals surface area contributed by atoms with Crippen molar-refractivity contribution in [3.8, 4) is 0 Å². The maximum atomic E-state index is 12.8. The van der Waals surface area contributed by atoms with Gasteiger partial charge in [0.25, 0.3) is 15.7 Å². The molecule has 3 aromatic heterocycles. The van der Waals surface area contributed by atoms with Crippen molar-refractivity contribution in [2.24, 2.45) is 0 Å². The molecule has 0 bridgehead atoms. The Morgan fingerprint density at radius 1 is 0.667 bits per heavy atom. The number of aromatic nitrogens is 3. The number of anilines is 1. The van der Waals surface area contributed by atoms with Crippen LogP contribution in [0.4, 0.5) is 28.6 Å². The summed E-state index contributed by atoms with van der Waals surface area (Å²) in [4.78, 5) is 22.1. The van der Waals surface area contributed by atoms with Crippen molar-refractivity contribution in [3.63, 3.8) is 0 Å². The maximum absolute atomic E-state index is 12.8. The van der Waals surface area contributed by atoms with Crippen LogP contribution in [-0.4, -0.2) is 35.5 Å². The van der Waals surface area contributed by atoms with E-state index >= 15 is 0 Å². The number of hydrogen-bond acceptors (Lipinski definition) is 7. The summed E-state index contributed by atoms with van der Waals surface area (Å²) in [6.45, 7) is 0. The first-order chi connectivity index (χ1) is 21.0. The van der Waals surface area contributed by atoms with Crippen LogP contribution in [0.2, 0.25) is 0 Å². The van der Waals surface area contributed by atoms with Gasteiger partial charge in [0.2, 0.25) is 0 Å². The number of nitrogens with one attached hydrogen (secondary N) is 1. The summed E-state index contributed by atoms with van der Waals surface area (Å²) >= 11 is 0. The number of hydrogen-bond donors (Lipinski definition) is 1. The van der Waals surface area contributed by atoms with Gasteiger partial charge >= 0.3 is 7.25 Å². The second-order valence-corrected chi connectivity index (χ2v) is 10.1. The van der Waals surface area contributed by atoms with Gasteiger partial charge in [0.15, 0.2) is 0 Å². The Kier molecular flexibility index (Phi) is 14.2. The molecule has 0 spiro atoms. The fraction of sp³-hybridized carbons (Fsp3) is 0. The number of nitro benzene ring substituents is 1. The zero-order chi connectivity index (χ0) is 32.0. The van der Waals surface area contributed by atoms with Crippen LogP contribution in [0.3, 0.4) is 0 Å². The number of sulfonamides is 1. The van der Waals surface area contributed by atoms with Crippen molar-refractivity contribution in [2.75, 3.05) is 4.72 Å². The third-order valence-corrected chi connectivity index (χ3v) is 6.73. The van der Waals surface area contributed by atoms with Crippen LogP contribution < -0.4 is 4.72 Å². The van der Waals surface area contributed by atoms with Gasteiger partial charge in [0, 0.05) is 74.3 Å². The predicted octanol–water partition coefficient (Wildman–Crippen LogP) is 7.56. The van der Waals surface area contributed by atoms with E-state index in [1.807, 2.05) is 66.7 Å². The van der Waals surface area contributed by atoms with Crippen molar-refractivity contribution in [1.29, 1.82) is 0 Å². The molecule has 0 unspecified atom stereocenters. The van der Waals surface area contributed by atoms with E-state index in [0.29, 0.717) is 16.6 Å². The number of pyridine rings is 3. The molecule has 45 heavy (non-hydrogen) atoms. The second-order valence-electron chi connectivity index (χ2n) is 8.44. The molecule has 1 N–H and O–H groups in total. The summed E-state index contributed by atoms with van der Waals surface area (Å²) < 4.78 is 67.1. The normalized spacial score (nSPS) is 10.4. The zero-order valence-corrected chi connectivity index (χ0v) is 25.3. The van der Waals surface area contributed by atoms with Crippen LogP contribution in [0.15, 0.2) is 139 Å². The number of fused-ring (bicyclic) bond motifs is 3. The van der Waals surface area contributed by atoms with Crippen LogP contribution in [0.25, 0.3) is 21.7 Å². The van der Waals surface area contributed by atoms with Gasteiger partial charge in [-0.05, 0) is 53.9 Å². The smallest absolute Gasteiger partial charge is 0.418 e. The Morgan fingerprint density at radius 2 is 1.18 bits per heavy atom. The Bertz CT molecular complexity index is 1800. The predicted molar refractivity (Wildman–Crippen MR) is 162 cm³/mol. The molecule has 6 aromatic rings. The average Bonchev–Trinajstić information content (AvgIpc) is 3.02. The van der Waals surface area contributed by atoms with Gasteiger partial charge in [-0.1, -0.05) is 42.5 Å². The molecule has 0 fully saturated rings. The number of benzene rings is 3. The van der Waals surface area contributed by atoms with Gasteiger partial charge in [-0.15, -0.1) is 0 Å². The molecular weight excluding hydrogens is 708 g/mol. The molecule has 0 aliphatic rings. The van der Waals surface area contributed by atoms with E-state index < -0.39 is 22.2 Å². The Balaban J connectivity index is 0.000000318. The van der Waals surface area contributed by atoms with Crippen LogP contribution in [0.1, 0.15) is 0 Å². The van der Waals surface area contributed by atoms with Gasteiger partial charge in [-0.3, -0.25) is 29.8 Å². The Labute approximate surface area is 269 Å². The first-order valence-corrected chi connectivity index (χ1v) is 14.0. The molecular formula is C29H23BF4N5O4PdS-. The summed E-state index contributed by atoms with van der Waals surface area (Å²) in [6, 6.07) is 29.0. The van der Waals surface area contributed by atoms with Gasteiger partial charge < -0.3 is 17.3 Å². The monoisotopic (exact) mass is 730 g/mol. The molecule has 16 heteroatoms. The molecule has 0 aliphatic heterocycles. The molecule has 0 atom stereocenters. The maximum Gasteiger partial charge on any atom is 0.673 e. The average molecular weight is 731 g/mol. The molecule has 0 radical (unpaired) electrons. The summed E-state index contributed by atoms with van der Waals surface area (Å²) in [7, 11) is -9.92. The summed E-state index contributed by atoms with van der Waals surface area (Å²) in [6.07, 6.45) is 8.66. The SMILES string of the molecule is F[B-](F)(F)F.O=[N+]([O-])c1ccc(S(=O)(=O)Nc2cccc3ccc4cccnc4c23)cc1.[Pd].c1ccncc1.c1ccncc1. The molecule has 0 saturated heterocycles. The van der Waals surface area contributed by atoms with Crippen LogP contribution >= 0.6 is 0 Å². The zero-order valence-electron chi connectivity index (χ0n) is 22.9. The molecule has 0 aliphatic carbocycles. The number of nitrogens with zero attached hydrogens (tertiary/aromatic N) is 4. The van der Waals surface area contributed by atoms with Crippen molar-refractivity contribution in [1.82, 2.24) is 15.0 Å². The third-order valence-electron chi connectivity index (χ3n) is 5.35. The van der Waals surface area contributed by atoms with Crippen LogP contribution in [0.5, 0.6) is 0 Å². The number of non-ortho nitro benzene ring substituents is 1. The van der Waals surface area contributed by atoms with E-state index in [4.69, 9.17) is 0 Å². The summed E-state index contributed by atoms with van der Waals surface area (Å²) in [5, 5.41) is 13.2. The fourth-order valence-corrected chi connectivity index (χ4v) is 4.65. The standard InChI is InChI=1S/C19H13N3O4S.2C5H5N.BF4.Pd/c23-22(24)15-8-10-16(11-9-15)27(25,26)21-17-5-1-3-13-6-7-14-4-2-12-20-19(14)18(13)17;2*1-2-4-6-5-3-1;2-1(3,4)5;/h1-12,21H;2*1-5H;;/q;;;-1;. The Morgan fingerprint density at radius 3 is 1.64 bits per heavy atom. The third kappa shape index (κ3) is 12.4. The van der Waals surface area contributed by atoms with E-state index in [1.165, 1.54) is 12.1 Å². The molecule has 3 aromatic carbocycles. The number of nitro groups is 1. The van der Waals surface area contributed by atoms with Crippen molar-refractivity contribution < 1.29 is 51.0 Å². The minimum absolute atomic E-state index is 0. The van der Waals surface area contributed by atoms with Crippen LogP contribution in [-0.2, 0) is 30.4 Å². The molecule has 0 saturated carbocycles. The quantitative estimate of drug-likeness (QED) is 0.0652. The van der Waals surface area contributed by atoms with Crippen molar-refractivity contribution in [3.05, 3.63) is 144 Å². The van der Waals surface area contributed by atoms with Crippen molar-refractivity contribution >= 4 is 50.3 Å². The van der Waals surface area contributed by atoms with Crippen LogP contribution in [0, 0.1) is 10.1 Å². The first kappa shape index (κ1) is 36.4. The van der Waals surface area contributed by atoms with Gasteiger partial charge in [0.1, 0.15) is 0 Å². The van der Waals surface area contributed by atoms with Gasteiger partial charge in [0.05, 0.1) is 21.0 Å². The molecule has 3 heterocycles. The topological polar surface area (TPSA) is 128 Å². The molecule has 0 amide bonds. The largest absolute Gasteiger partial charge is 0.673 e. The molecule has 9 nitrogen and oxygen atoms in total. The van der Waals surface area contributed by atoms with E-state index in [0.717, 1.165) is 22.9 Å². The summed E-state index contributed by atoms with van der Waals surface area (Å²) in [5.74, 6) is 0. The second kappa shape index (κ2) is 17.5. The van der Waals surface area contributed by atoms with Gasteiger partial charge in [-0.25, -0.2) is 8.42 Å². The van der Waals surface area contributed by atoms with E-state index in [1.54, 1.807) is 43.1 Å². The van der Waals surface area contributed by atoms with E-state index in [-0.39, 0.29) is 31.0 Å². The first-order valence-electron chi connectivity index (χ1n) is 12.6. The molecule has 6 rings (SSSR count). The minimum atomic E-state index is -6.00. The number of rotatable bonds is 4.